The van der Waals surface area contributed by atoms with E-state index in [1.165, 1.54) is 29.6 Å². The van der Waals surface area contributed by atoms with E-state index in [2.05, 4.69) is 10.3 Å². The molecule has 1 aliphatic rings. The molecule has 13 heteroatoms. The van der Waals surface area contributed by atoms with Crippen molar-refractivity contribution in [1.82, 2.24) is 14.6 Å². The van der Waals surface area contributed by atoms with Gasteiger partial charge in [0.05, 0.1) is 36.9 Å². The molecular formula is C31H37FN4O7S. The number of nitrogens with one attached hydrogen (secondary N) is 1. The van der Waals surface area contributed by atoms with Gasteiger partial charge in [-0.2, -0.15) is 4.31 Å². The molecule has 1 saturated heterocycles. The van der Waals surface area contributed by atoms with Crippen molar-refractivity contribution < 1.29 is 37.0 Å². The summed E-state index contributed by atoms with van der Waals surface area (Å²) >= 11 is 0. The first kappa shape index (κ1) is 32.8. The van der Waals surface area contributed by atoms with Crippen molar-refractivity contribution in [3.05, 3.63) is 84.3 Å². The fourth-order valence-electron chi connectivity index (χ4n) is 4.72. The molecule has 0 aliphatic carbocycles. The number of nitrogens with zero attached hydrogens (tertiary/aromatic N) is 3. The fourth-order valence-corrected chi connectivity index (χ4v) is 6.30. The Kier molecular flexibility index (Phi) is 10.9. The molecule has 4 rings (SSSR count). The summed E-state index contributed by atoms with van der Waals surface area (Å²) in [6.07, 6.45) is -1.55. The van der Waals surface area contributed by atoms with Gasteiger partial charge in [0.1, 0.15) is 17.4 Å². The van der Waals surface area contributed by atoms with Gasteiger partial charge in [-0.15, -0.1) is 0 Å². The molecule has 1 aliphatic heterocycles. The van der Waals surface area contributed by atoms with Crippen LogP contribution in [-0.4, -0.2) is 79.8 Å². The van der Waals surface area contributed by atoms with Crippen LogP contribution in [0.4, 0.5) is 15.0 Å². The first-order valence-electron chi connectivity index (χ1n) is 14.3. The Hall–Kier alpha value is -4.07. The van der Waals surface area contributed by atoms with Gasteiger partial charge in [0.25, 0.3) is 5.91 Å². The van der Waals surface area contributed by atoms with Crippen LogP contribution in [0.25, 0.3) is 0 Å². The molecule has 2 N–H and O–H groups in total. The van der Waals surface area contributed by atoms with Crippen LogP contribution in [0.3, 0.4) is 0 Å². The maximum atomic E-state index is 13.8. The summed E-state index contributed by atoms with van der Waals surface area (Å²) in [5.41, 5.74) is 0.795. The average Bonchev–Trinajstić information content (AvgIpc) is 3.42. The van der Waals surface area contributed by atoms with Crippen LogP contribution in [0, 0.1) is 11.7 Å². The van der Waals surface area contributed by atoms with E-state index in [-0.39, 0.29) is 42.7 Å². The number of anilines is 1. The maximum absolute atomic E-state index is 13.8. The number of sulfonamides is 1. The summed E-state index contributed by atoms with van der Waals surface area (Å²) in [4.78, 5) is 30.9. The number of rotatable bonds is 14. The lowest BCUT2D eigenvalue weighted by Gasteiger charge is -2.31. The van der Waals surface area contributed by atoms with Crippen molar-refractivity contribution >= 4 is 27.8 Å². The smallest absolute Gasteiger partial charge is 0.416 e. The number of pyridine rings is 1. The number of benzene rings is 2. The molecule has 3 unspecified atom stereocenters. The number of hydrogen-bond acceptors (Lipinski definition) is 8. The second-order valence-corrected chi connectivity index (χ2v) is 12.6. The van der Waals surface area contributed by atoms with Gasteiger partial charge < -0.3 is 19.9 Å². The van der Waals surface area contributed by atoms with E-state index in [1.807, 2.05) is 44.2 Å². The number of ether oxygens (including phenoxy) is 2. The number of aromatic nitrogens is 1. The van der Waals surface area contributed by atoms with Crippen LogP contribution < -0.4 is 15.0 Å². The summed E-state index contributed by atoms with van der Waals surface area (Å²) in [5.74, 6) is -0.637. The number of aliphatic hydroxyl groups is 1. The van der Waals surface area contributed by atoms with Gasteiger partial charge in [-0.3, -0.25) is 9.69 Å². The zero-order valence-corrected chi connectivity index (χ0v) is 25.6. The van der Waals surface area contributed by atoms with Crippen molar-refractivity contribution in [3.63, 3.8) is 0 Å². The second kappa shape index (κ2) is 14.6. The fraction of sp³-hybridized carbons (Fsp3) is 0.387. The van der Waals surface area contributed by atoms with Crippen molar-refractivity contribution in [2.45, 2.75) is 49.8 Å². The van der Waals surface area contributed by atoms with E-state index >= 15 is 0 Å². The number of cyclic esters (lactones) is 1. The predicted molar refractivity (Wildman–Crippen MR) is 161 cm³/mol. The van der Waals surface area contributed by atoms with Gasteiger partial charge in [0, 0.05) is 13.1 Å². The number of methoxy groups -OCH3 is 1. The SMILES string of the molecule is CC[C@@H](C)CN(CC(O)C(Cc1ccccc1)NC(=O)C1CN(c2ccc(F)cn2)C(=O)O1)S(=O)(=O)c1ccc(OC)cc1. The third kappa shape index (κ3) is 8.10. The summed E-state index contributed by atoms with van der Waals surface area (Å²) < 4.78 is 52.5. The van der Waals surface area contributed by atoms with Crippen LogP contribution in [0.5, 0.6) is 5.75 Å². The number of aliphatic hydroxyl groups excluding tert-OH is 1. The lowest BCUT2D eigenvalue weighted by atomic mass is 10.0. The van der Waals surface area contributed by atoms with Crippen LogP contribution >= 0.6 is 0 Å². The monoisotopic (exact) mass is 628 g/mol. The quantitative estimate of drug-likeness (QED) is 0.277. The molecule has 2 aromatic carbocycles. The molecule has 0 bridgehead atoms. The average molecular weight is 629 g/mol. The Morgan fingerprint density at radius 1 is 1.16 bits per heavy atom. The van der Waals surface area contributed by atoms with Crippen LogP contribution in [0.1, 0.15) is 25.8 Å². The third-order valence-electron chi connectivity index (χ3n) is 7.48. The van der Waals surface area contributed by atoms with Crippen LogP contribution in [-0.2, 0) is 26.0 Å². The molecule has 44 heavy (non-hydrogen) atoms. The zero-order valence-electron chi connectivity index (χ0n) is 24.8. The number of hydrogen-bond donors (Lipinski definition) is 2. The molecule has 2 heterocycles. The van der Waals surface area contributed by atoms with Crippen molar-refractivity contribution in [2.24, 2.45) is 5.92 Å². The minimum absolute atomic E-state index is 0.0126. The number of amides is 2. The molecule has 4 atom stereocenters. The Morgan fingerprint density at radius 2 is 1.86 bits per heavy atom. The Bertz CT molecular complexity index is 1510. The third-order valence-corrected chi connectivity index (χ3v) is 9.33. The van der Waals surface area contributed by atoms with Crippen molar-refractivity contribution in [1.29, 1.82) is 0 Å². The predicted octanol–water partition coefficient (Wildman–Crippen LogP) is 3.38. The van der Waals surface area contributed by atoms with Crippen molar-refractivity contribution in [2.75, 3.05) is 31.6 Å². The van der Waals surface area contributed by atoms with Gasteiger partial charge in [0.15, 0.2) is 6.10 Å². The first-order valence-corrected chi connectivity index (χ1v) is 15.7. The first-order chi connectivity index (χ1) is 21.0. The van der Waals surface area contributed by atoms with Gasteiger partial charge in [-0.05, 0) is 54.3 Å². The maximum Gasteiger partial charge on any atom is 0.416 e. The van der Waals surface area contributed by atoms with Gasteiger partial charge in [-0.1, -0.05) is 50.6 Å². The van der Waals surface area contributed by atoms with E-state index in [9.17, 15) is 27.5 Å². The van der Waals surface area contributed by atoms with Crippen molar-refractivity contribution in [3.8, 4) is 5.75 Å². The summed E-state index contributed by atoms with van der Waals surface area (Å²) in [5, 5.41) is 14.3. The number of halogens is 1. The molecule has 2 amide bonds. The minimum atomic E-state index is -4.03. The summed E-state index contributed by atoms with van der Waals surface area (Å²) in [7, 11) is -2.54. The van der Waals surface area contributed by atoms with Gasteiger partial charge in [-0.25, -0.2) is 22.6 Å². The highest BCUT2D eigenvalue weighted by atomic mass is 32.2. The summed E-state index contributed by atoms with van der Waals surface area (Å²) in [6.45, 7) is 3.54. The standard InChI is InChI=1S/C31H37FN4O7S/c1-4-21(2)18-35(44(40,41)25-13-11-24(42-3)12-14-25)19-27(37)26(16-22-8-6-5-7-9-22)34-30(38)28-20-36(31(39)43-28)29-15-10-23(32)17-33-29/h5-15,17,21,26-28,37H,4,16,18-20H2,1-3H3,(H,34,38)/t21-,26?,27?,28?/m1/s1. The molecule has 3 aromatic rings. The molecule has 11 nitrogen and oxygen atoms in total. The molecule has 1 aromatic heterocycles. The van der Waals surface area contributed by atoms with E-state index in [1.54, 1.807) is 12.1 Å². The minimum Gasteiger partial charge on any atom is -0.497 e. The Labute approximate surface area is 256 Å². The lowest BCUT2D eigenvalue weighted by Crippen LogP contribution is -2.53. The van der Waals surface area contributed by atoms with E-state index in [4.69, 9.17) is 9.47 Å². The van der Waals surface area contributed by atoms with E-state index in [0.717, 1.165) is 22.7 Å². The lowest BCUT2D eigenvalue weighted by molar-refractivity contribution is -0.129. The molecule has 0 radical (unpaired) electrons. The molecule has 1 fully saturated rings. The molecular weight excluding hydrogens is 591 g/mol. The largest absolute Gasteiger partial charge is 0.497 e. The Balaban J connectivity index is 1.55. The van der Waals surface area contributed by atoms with Crippen LogP contribution in [0.2, 0.25) is 0 Å². The summed E-state index contributed by atoms with van der Waals surface area (Å²) in [6, 6.07) is 16.6. The van der Waals surface area contributed by atoms with Crippen LogP contribution in [0.15, 0.2) is 77.8 Å². The number of carbonyl (C=O) groups is 2. The number of carbonyl (C=O) groups excluding carboxylic acids is 2. The normalized spacial score (nSPS) is 17.2. The van der Waals surface area contributed by atoms with E-state index in [0.29, 0.717) is 12.2 Å². The molecule has 0 saturated carbocycles. The topological polar surface area (TPSA) is 138 Å². The Morgan fingerprint density at radius 3 is 2.48 bits per heavy atom. The zero-order chi connectivity index (χ0) is 31.9. The molecule has 236 valence electrons. The van der Waals surface area contributed by atoms with Gasteiger partial charge >= 0.3 is 6.09 Å². The highest BCUT2D eigenvalue weighted by Crippen LogP contribution is 2.23. The van der Waals surface area contributed by atoms with Gasteiger partial charge in [0.2, 0.25) is 10.0 Å². The second-order valence-electron chi connectivity index (χ2n) is 10.7. The highest BCUT2D eigenvalue weighted by Gasteiger charge is 2.39. The molecule has 0 spiro atoms. The van der Waals surface area contributed by atoms with E-state index < -0.39 is 46.1 Å². The highest BCUT2D eigenvalue weighted by molar-refractivity contribution is 7.89.